The van der Waals surface area contributed by atoms with Crippen molar-refractivity contribution in [3.05, 3.63) is 78.9 Å². The minimum Gasteiger partial charge on any atom is -0.399 e. The highest BCUT2D eigenvalue weighted by Gasteiger charge is 2.52. The minimum atomic E-state index is -0.365. The summed E-state index contributed by atoms with van der Waals surface area (Å²) >= 11 is 0. The molecule has 1 aliphatic heterocycles. The molecule has 1 saturated heterocycles. The molecule has 0 radical (unpaired) electrons. The standard InChI is InChI=1S/C26H25BO2/c1-25(2)26(3,4)29-27(28-25)24-16-15-21(22-11-7-8-12-23(22)24)20-14-13-18-9-5-6-10-19(18)17-20/h5-17H,1-4H3. The van der Waals surface area contributed by atoms with Crippen LogP contribution in [0.1, 0.15) is 27.7 Å². The van der Waals surface area contributed by atoms with Gasteiger partial charge >= 0.3 is 7.12 Å². The Morgan fingerprint density at radius 1 is 0.621 bits per heavy atom. The van der Waals surface area contributed by atoms with Crippen LogP contribution in [0, 0.1) is 0 Å². The van der Waals surface area contributed by atoms with Crippen molar-refractivity contribution in [2.75, 3.05) is 0 Å². The minimum absolute atomic E-state index is 0.351. The molecule has 4 aromatic rings. The van der Waals surface area contributed by atoms with Crippen LogP contribution in [0.25, 0.3) is 32.7 Å². The first-order valence-electron chi connectivity index (χ1n) is 10.2. The van der Waals surface area contributed by atoms with E-state index < -0.39 is 0 Å². The quantitative estimate of drug-likeness (QED) is 0.400. The Labute approximate surface area is 172 Å². The van der Waals surface area contributed by atoms with Crippen LogP contribution in [0.2, 0.25) is 0 Å². The second-order valence-electron chi connectivity index (χ2n) is 8.90. The van der Waals surface area contributed by atoms with Crippen LogP contribution in [0.15, 0.2) is 78.9 Å². The normalized spacial score (nSPS) is 17.9. The monoisotopic (exact) mass is 380 g/mol. The molecule has 0 saturated carbocycles. The molecule has 1 heterocycles. The third-order valence-corrected chi connectivity index (χ3v) is 6.53. The van der Waals surface area contributed by atoms with Crippen LogP contribution in [0.3, 0.4) is 0 Å². The van der Waals surface area contributed by atoms with E-state index in [9.17, 15) is 0 Å². The lowest BCUT2D eigenvalue weighted by molar-refractivity contribution is 0.00578. The third-order valence-electron chi connectivity index (χ3n) is 6.53. The molecule has 3 heteroatoms. The van der Waals surface area contributed by atoms with Gasteiger partial charge in [-0.25, -0.2) is 0 Å². The van der Waals surface area contributed by atoms with Crippen LogP contribution >= 0.6 is 0 Å². The number of hydrogen-bond acceptors (Lipinski definition) is 2. The average molecular weight is 380 g/mol. The van der Waals surface area contributed by atoms with Gasteiger partial charge in [0.2, 0.25) is 0 Å². The molecule has 4 aromatic carbocycles. The number of fused-ring (bicyclic) bond motifs is 2. The van der Waals surface area contributed by atoms with E-state index in [1.165, 1.54) is 32.7 Å². The summed E-state index contributed by atoms with van der Waals surface area (Å²) in [4.78, 5) is 0. The molecule has 0 atom stereocenters. The van der Waals surface area contributed by atoms with E-state index >= 15 is 0 Å². The van der Waals surface area contributed by atoms with Crippen molar-refractivity contribution in [3.8, 4) is 11.1 Å². The van der Waals surface area contributed by atoms with E-state index in [-0.39, 0.29) is 18.3 Å². The Kier molecular flexibility index (Phi) is 4.09. The fourth-order valence-electron chi connectivity index (χ4n) is 4.11. The first kappa shape index (κ1) is 18.4. The lowest BCUT2D eigenvalue weighted by Gasteiger charge is -2.32. The summed E-state index contributed by atoms with van der Waals surface area (Å²) in [6, 6.07) is 28.1. The molecule has 0 unspecified atom stereocenters. The van der Waals surface area contributed by atoms with E-state index in [1.54, 1.807) is 0 Å². The Hall–Kier alpha value is -2.62. The van der Waals surface area contributed by atoms with E-state index in [4.69, 9.17) is 9.31 Å². The second kappa shape index (κ2) is 6.45. The second-order valence-corrected chi connectivity index (χ2v) is 8.90. The lowest BCUT2D eigenvalue weighted by atomic mass is 9.75. The predicted molar refractivity (Wildman–Crippen MR) is 123 cm³/mol. The summed E-state index contributed by atoms with van der Waals surface area (Å²) in [6.07, 6.45) is 0. The summed E-state index contributed by atoms with van der Waals surface area (Å²) < 4.78 is 12.7. The Morgan fingerprint density at radius 2 is 1.24 bits per heavy atom. The zero-order valence-corrected chi connectivity index (χ0v) is 17.4. The van der Waals surface area contributed by atoms with Gasteiger partial charge in [0.15, 0.2) is 0 Å². The Morgan fingerprint density at radius 3 is 1.97 bits per heavy atom. The topological polar surface area (TPSA) is 18.5 Å². The van der Waals surface area contributed by atoms with Gasteiger partial charge in [0.1, 0.15) is 0 Å². The van der Waals surface area contributed by atoms with Crippen molar-refractivity contribution in [2.45, 2.75) is 38.9 Å². The van der Waals surface area contributed by atoms with Crippen LogP contribution in [-0.4, -0.2) is 18.3 Å². The molecule has 2 nitrogen and oxygen atoms in total. The lowest BCUT2D eigenvalue weighted by Crippen LogP contribution is -2.41. The van der Waals surface area contributed by atoms with Gasteiger partial charge in [0, 0.05) is 0 Å². The van der Waals surface area contributed by atoms with E-state index in [0.29, 0.717) is 0 Å². The van der Waals surface area contributed by atoms with Crippen molar-refractivity contribution in [2.24, 2.45) is 0 Å². The van der Waals surface area contributed by atoms with Crippen LogP contribution in [-0.2, 0) is 9.31 Å². The van der Waals surface area contributed by atoms with Crippen molar-refractivity contribution in [3.63, 3.8) is 0 Å². The maximum absolute atomic E-state index is 6.34. The molecule has 0 aromatic heterocycles. The van der Waals surface area contributed by atoms with Crippen molar-refractivity contribution >= 4 is 34.1 Å². The number of benzene rings is 4. The van der Waals surface area contributed by atoms with Crippen LogP contribution in [0.5, 0.6) is 0 Å². The third kappa shape index (κ3) is 2.97. The maximum Gasteiger partial charge on any atom is 0.495 e. The molecule has 29 heavy (non-hydrogen) atoms. The summed E-state index contributed by atoms with van der Waals surface area (Å²) in [5, 5.41) is 4.91. The first-order chi connectivity index (χ1) is 13.9. The molecular weight excluding hydrogens is 355 g/mol. The summed E-state index contributed by atoms with van der Waals surface area (Å²) in [7, 11) is -0.365. The first-order valence-corrected chi connectivity index (χ1v) is 10.2. The van der Waals surface area contributed by atoms with Crippen molar-refractivity contribution < 1.29 is 9.31 Å². The largest absolute Gasteiger partial charge is 0.495 e. The highest BCUT2D eigenvalue weighted by Crippen LogP contribution is 2.38. The maximum atomic E-state index is 6.34. The Bertz CT molecular complexity index is 1210. The molecular formula is C26H25BO2. The smallest absolute Gasteiger partial charge is 0.399 e. The van der Waals surface area contributed by atoms with Gasteiger partial charge in [-0.1, -0.05) is 72.8 Å². The van der Waals surface area contributed by atoms with Crippen LogP contribution < -0.4 is 5.46 Å². The number of rotatable bonds is 2. The molecule has 0 N–H and O–H groups in total. The molecule has 0 bridgehead atoms. The summed E-state index contributed by atoms with van der Waals surface area (Å²) in [5.41, 5.74) is 2.83. The SMILES string of the molecule is CC1(C)OB(c2ccc(-c3ccc4ccccc4c3)c3ccccc23)OC1(C)C. The van der Waals surface area contributed by atoms with Gasteiger partial charge < -0.3 is 9.31 Å². The molecule has 144 valence electrons. The fraction of sp³-hybridized carbons (Fsp3) is 0.231. The number of hydrogen-bond donors (Lipinski definition) is 0. The van der Waals surface area contributed by atoms with E-state index in [1.807, 2.05) is 0 Å². The molecule has 0 aliphatic carbocycles. The highest BCUT2D eigenvalue weighted by atomic mass is 16.7. The molecule has 0 spiro atoms. The highest BCUT2D eigenvalue weighted by molar-refractivity contribution is 6.65. The fourth-order valence-corrected chi connectivity index (χ4v) is 4.11. The molecule has 5 rings (SSSR count). The van der Waals surface area contributed by atoms with Gasteiger partial charge in [-0.3, -0.25) is 0 Å². The predicted octanol–water partition coefficient (Wildman–Crippen LogP) is 5.96. The van der Waals surface area contributed by atoms with Gasteiger partial charge in [0.05, 0.1) is 11.2 Å². The summed E-state index contributed by atoms with van der Waals surface area (Å²) in [5.74, 6) is 0. The zero-order valence-electron chi connectivity index (χ0n) is 17.4. The van der Waals surface area contributed by atoms with Gasteiger partial charge in [-0.2, -0.15) is 0 Å². The van der Waals surface area contributed by atoms with Crippen molar-refractivity contribution in [1.82, 2.24) is 0 Å². The van der Waals surface area contributed by atoms with Crippen LogP contribution in [0.4, 0.5) is 0 Å². The average Bonchev–Trinajstić information content (AvgIpc) is 2.93. The zero-order chi connectivity index (χ0) is 20.2. The molecule has 0 amide bonds. The van der Waals surface area contributed by atoms with Gasteiger partial charge in [-0.05, 0) is 71.9 Å². The van der Waals surface area contributed by atoms with Gasteiger partial charge in [0.25, 0.3) is 0 Å². The molecule has 1 fully saturated rings. The summed E-state index contributed by atoms with van der Waals surface area (Å²) in [6.45, 7) is 8.38. The van der Waals surface area contributed by atoms with E-state index in [0.717, 1.165) is 5.46 Å². The van der Waals surface area contributed by atoms with E-state index in [2.05, 4.69) is 107 Å². The van der Waals surface area contributed by atoms with Gasteiger partial charge in [-0.15, -0.1) is 0 Å². The van der Waals surface area contributed by atoms with Crippen molar-refractivity contribution in [1.29, 1.82) is 0 Å². The Balaban J connectivity index is 1.65. The molecule has 1 aliphatic rings.